The standard InChI is InChI=1S/C13H15BrOS/c14-13-8-10(2-1-6-15)3-4-12(13)11-5-7-16-9-11/h3-4,6,8,11H,1-2,5,7,9H2. The van der Waals surface area contributed by atoms with Crippen LogP contribution in [0.5, 0.6) is 0 Å². The van der Waals surface area contributed by atoms with E-state index in [9.17, 15) is 4.79 Å². The van der Waals surface area contributed by atoms with E-state index in [1.807, 2.05) is 11.8 Å². The first-order valence-electron chi connectivity index (χ1n) is 5.61. The molecule has 1 heterocycles. The van der Waals surface area contributed by atoms with Gasteiger partial charge in [-0.15, -0.1) is 0 Å². The van der Waals surface area contributed by atoms with Crippen molar-refractivity contribution < 1.29 is 4.79 Å². The monoisotopic (exact) mass is 298 g/mol. The second kappa shape index (κ2) is 5.87. The molecule has 1 fully saturated rings. The second-order valence-electron chi connectivity index (χ2n) is 4.12. The molecule has 1 nitrogen and oxygen atoms in total. The molecule has 1 atom stereocenters. The average molecular weight is 299 g/mol. The molecule has 1 aromatic rings. The van der Waals surface area contributed by atoms with Crippen molar-refractivity contribution in [3.8, 4) is 0 Å². The zero-order valence-corrected chi connectivity index (χ0v) is 11.5. The fourth-order valence-electron chi connectivity index (χ4n) is 2.06. The largest absolute Gasteiger partial charge is 0.303 e. The van der Waals surface area contributed by atoms with Crippen LogP contribution in [0.1, 0.15) is 29.9 Å². The van der Waals surface area contributed by atoms with Crippen LogP contribution in [0.15, 0.2) is 22.7 Å². The molecule has 1 aliphatic rings. The van der Waals surface area contributed by atoms with Gasteiger partial charge in [-0.1, -0.05) is 28.1 Å². The van der Waals surface area contributed by atoms with Crippen LogP contribution in [-0.2, 0) is 11.2 Å². The number of aryl methyl sites for hydroxylation is 1. The minimum absolute atomic E-state index is 0.616. The molecule has 0 aromatic heterocycles. The zero-order chi connectivity index (χ0) is 11.4. The average Bonchev–Trinajstić information content (AvgIpc) is 2.80. The van der Waals surface area contributed by atoms with E-state index in [1.165, 1.54) is 33.5 Å². The summed E-state index contributed by atoms with van der Waals surface area (Å²) in [6.07, 6.45) is 3.74. The molecule has 0 saturated carbocycles. The molecule has 86 valence electrons. The Kier molecular flexibility index (Phi) is 4.47. The van der Waals surface area contributed by atoms with Crippen LogP contribution in [0.3, 0.4) is 0 Å². The molecule has 0 radical (unpaired) electrons. The molecular weight excluding hydrogens is 284 g/mol. The SMILES string of the molecule is O=CCCc1ccc(C2CCSC2)c(Br)c1. The van der Waals surface area contributed by atoms with Crippen molar-refractivity contribution >= 4 is 34.0 Å². The maximum atomic E-state index is 10.3. The van der Waals surface area contributed by atoms with Gasteiger partial charge in [-0.2, -0.15) is 11.8 Å². The Balaban J connectivity index is 2.12. The number of benzene rings is 1. The second-order valence-corrected chi connectivity index (χ2v) is 6.13. The Morgan fingerprint density at radius 1 is 1.50 bits per heavy atom. The predicted octanol–water partition coefficient (Wildman–Crippen LogP) is 3.80. The van der Waals surface area contributed by atoms with Crippen molar-refractivity contribution in [2.24, 2.45) is 0 Å². The van der Waals surface area contributed by atoms with Gasteiger partial charge in [-0.05, 0) is 41.7 Å². The smallest absolute Gasteiger partial charge is 0.120 e. The number of hydrogen-bond donors (Lipinski definition) is 0. The summed E-state index contributed by atoms with van der Waals surface area (Å²) in [7, 11) is 0. The normalized spacial score (nSPS) is 19.9. The van der Waals surface area contributed by atoms with E-state index in [0.29, 0.717) is 12.3 Å². The topological polar surface area (TPSA) is 17.1 Å². The lowest BCUT2D eigenvalue weighted by Crippen LogP contribution is -1.98. The highest BCUT2D eigenvalue weighted by atomic mass is 79.9. The molecule has 3 heteroatoms. The van der Waals surface area contributed by atoms with Gasteiger partial charge in [0.05, 0.1) is 0 Å². The van der Waals surface area contributed by atoms with E-state index in [2.05, 4.69) is 34.1 Å². The molecule has 16 heavy (non-hydrogen) atoms. The van der Waals surface area contributed by atoms with Gasteiger partial charge in [0.15, 0.2) is 0 Å². The first-order valence-corrected chi connectivity index (χ1v) is 7.55. The van der Waals surface area contributed by atoms with Crippen molar-refractivity contribution in [2.45, 2.75) is 25.2 Å². The molecule has 1 unspecified atom stereocenters. The summed E-state index contributed by atoms with van der Waals surface area (Å²) in [5, 5.41) is 0. The highest BCUT2D eigenvalue weighted by Crippen LogP contribution is 2.36. The number of thioether (sulfide) groups is 1. The van der Waals surface area contributed by atoms with Crippen LogP contribution in [0.4, 0.5) is 0 Å². The van der Waals surface area contributed by atoms with Gasteiger partial charge in [0.25, 0.3) is 0 Å². The quantitative estimate of drug-likeness (QED) is 0.787. The van der Waals surface area contributed by atoms with Crippen molar-refractivity contribution in [2.75, 3.05) is 11.5 Å². The number of hydrogen-bond acceptors (Lipinski definition) is 2. The van der Waals surface area contributed by atoms with Crippen LogP contribution < -0.4 is 0 Å². The van der Waals surface area contributed by atoms with Crippen molar-refractivity contribution in [3.05, 3.63) is 33.8 Å². The van der Waals surface area contributed by atoms with E-state index in [0.717, 1.165) is 12.7 Å². The van der Waals surface area contributed by atoms with E-state index in [1.54, 1.807) is 0 Å². The summed E-state index contributed by atoms with van der Waals surface area (Å²) in [4.78, 5) is 10.3. The van der Waals surface area contributed by atoms with Gasteiger partial charge in [0.1, 0.15) is 6.29 Å². The van der Waals surface area contributed by atoms with Gasteiger partial charge >= 0.3 is 0 Å². The minimum atomic E-state index is 0.616. The third kappa shape index (κ3) is 2.89. The van der Waals surface area contributed by atoms with Crippen LogP contribution in [0.2, 0.25) is 0 Å². The maximum absolute atomic E-state index is 10.3. The Hall–Kier alpha value is -0.280. The van der Waals surface area contributed by atoms with Crippen molar-refractivity contribution in [1.29, 1.82) is 0 Å². The summed E-state index contributed by atoms with van der Waals surface area (Å²) in [5.41, 5.74) is 2.67. The summed E-state index contributed by atoms with van der Waals surface area (Å²) in [5.74, 6) is 3.23. The highest BCUT2D eigenvalue weighted by molar-refractivity contribution is 9.10. The molecule has 0 aliphatic carbocycles. The Bertz CT molecular complexity index is 372. The van der Waals surface area contributed by atoms with Crippen LogP contribution in [-0.4, -0.2) is 17.8 Å². The van der Waals surface area contributed by atoms with E-state index in [-0.39, 0.29) is 0 Å². The molecule has 2 rings (SSSR count). The van der Waals surface area contributed by atoms with Gasteiger partial charge in [-0.3, -0.25) is 0 Å². The lowest BCUT2D eigenvalue weighted by atomic mass is 9.97. The molecule has 0 spiro atoms. The fourth-order valence-corrected chi connectivity index (χ4v) is 4.06. The van der Waals surface area contributed by atoms with Crippen LogP contribution in [0.25, 0.3) is 0 Å². The molecule has 0 N–H and O–H groups in total. The minimum Gasteiger partial charge on any atom is -0.303 e. The van der Waals surface area contributed by atoms with Gasteiger partial charge in [-0.25, -0.2) is 0 Å². The molecule has 1 aromatic carbocycles. The van der Waals surface area contributed by atoms with Gasteiger partial charge in [0, 0.05) is 16.6 Å². The summed E-state index contributed by atoms with van der Waals surface area (Å²) >= 11 is 5.69. The Labute approximate surface area is 109 Å². The summed E-state index contributed by atoms with van der Waals surface area (Å²) in [6, 6.07) is 6.55. The summed E-state index contributed by atoms with van der Waals surface area (Å²) in [6.45, 7) is 0. The first-order chi connectivity index (χ1) is 7.81. The zero-order valence-electron chi connectivity index (χ0n) is 9.12. The number of aldehydes is 1. The molecule has 0 amide bonds. The third-order valence-corrected chi connectivity index (χ3v) is 4.83. The van der Waals surface area contributed by atoms with E-state index in [4.69, 9.17) is 0 Å². The number of halogens is 1. The molecule has 1 saturated heterocycles. The number of carbonyl (C=O) groups is 1. The van der Waals surface area contributed by atoms with Crippen LogP contribution in [0, 0.1) is 0 Å². The lowest BCUT2D eigenvalue weighted by Gasteiger charge is -2.12. The predicted molar refractivity (Wildman–Crippen MR) is 73.2 cm³/mol. The van der Waals surface area contributed by atoms with Crippen molar-refractivity contribution in [1.82, 2.24) is 0 Å². The van der Waals surface area contributed by atoms with E-state index >= 15 is 0 Å². The number of rotatable bonds is 4. The summed E-state index contributed by atoms with van der Waals surface area (Å²) < 4.78 is 1.21. The van der Waals surface area contributed by atoms with Gasteiger partial charge in [0.2, 0.25) is 0 Å². The maximum Gasteiger partial charge on any atom is 0.120 e. The molecule has 0 bridgehead atoms. The van der Waals surface area contributed by atoms with Crippen LogP contribution >= 0.6 is 27.7 Å². The fraction of sp³-hybridized carbons (Fsp3) is 0.462. The highest BCUT2D eigenvalue weighted by Gasteiger charge is 2.19. The Morgan fingerprint density at radius 2 is 2.38 bits per heavy atom. The third-order valence-electron chi connectivity index (χ3n) is 2.99. The molecule has 1 aliphatic heterocycles. The van der Waals surface area contributed by atoms with Gasteiger partial charge < -0.3 is 4.79 Å². The van der Waals surface area contributed by atoms with Crippen molar-refractivity contribution in [3.63, 3.8) is 0 Å². The lowest BCUT2D eigenvalue weighted by molar-refractivity contribution is -0.107. The number of carbonyl (C=O) groups excluding carboxylic acids is 1. The van der Waals surface area contributed by atoms with E-state index < -0.39 is 0 Å². The first kappa shape index (κ1) is 12.2. The molecular formula is C13H15BrOS. The Morgan fingerprint density at radius 3 is 3.00 bits per heavy atom.